The normalized spacial score (nSPS) is 23.5. The number of hydrogen-bond acceptors (Lipinski definition) is 4. The Balaban J connectivity index is 1.86. The molecule has 1 saturated heterocycles. The van der Waals surface area contributed by atoms with Gasteiger partial charge in [0, 0.05) is 44.0 Å². The molecule has 6 nitrogen and oxygen atoms in total. The first-order chi connectivity index (χ1) is 10.8. The van der Waals surface area contributed by atoms with E-state index in [1.807, 2.05) is 10.9 Å². The van der Waals surface area contributed by atoms with Gasteiger partial charge in [0.25, 0.3) is 0 Å². The van der Waals surface area contributed by atoms with Crippen molar-refractivity contribution in [1.82, 2.24) is 19.4 Å². The summed E-state index contributed by atoms with van der Waals surface area (Å²) < 4.78 is 28.2. The fourth-order valence-electron chi connectivity index (χ4n) is 3.04. The fourth-order valence-corrected chi connectivity index (χ4v) is 4.44. The Morgan fingerprint density at radius 2 is 2.17 bits per heavy atom. The second-order valence-corrected chi connectivity index (χ2v) is 9.31. The van der Waals surface area contributed by atoms with Crippen LogP contribution in [0.3, 0.4) is 0 Å². The summed E-state index contributed by atoms with van der Waals surface area (Å²) >= 11 is 0. The van der Waals surface area contributed by atoms with Crippen molar-refractivity contribution in [2.45, 2.75) is 64.9 Å². The molecule has 1 aliphatic rings. The summed E-state index contributed by atoms with van der Waals surface area (Å²) in [6.45, 7) is 10.7. The van der Waals surface area contributed by atoms with Gasteiger partial charge in [-0.3, -0.25) is 4.68 Å². The van der Waals surface area contributed by atoms with Crippen LogP contribution in [0.2, 0.25) is 0 Å². The van der Waals surface area contributed by atoms with E-state index < -0.39 is 10.0 Å². The second kappa shape index (κ2) is 7.77. The number of hydrogen-bond donors (Lipinski definition) is 1. The zero-order chi connectivity index (χ0) is 17.0. The molecule has 0 saturated carbocycles. The Morgan fingerprint density at radius 1 is 1.43 bits per heavy atom. The van der Waals surface area contributed by atoms with E-state index in [2.05, 4.69) is 30.5 Å². The van der Waals surface area contributed by atoms with E-state index >= 15 is 0 Å². The summed E-state index contributed by atoms with van der Waals surface area (Å²) in [6, 6.07) is 0.350. The fraction of sp³-hybridized carbons (Fsp3) is 0.812. The van der Waals surface area contributed by atoms with Crippen LogP contribution in [-0.4, -0.2) is 46.9 Å². The van der Waals surface area contributed by atoms with Gasteiger partial charge in [0.1, 0.15) is 0 Å². The second-order valence-electron chi connectivity index (χ2n) is 6.82. The molecule has 1 N–H and O–H groups in total. The predicted molar refractivity (Wildman–Crippen MR) is 92.6 cm³/mol. The van der Waals surface area contributed by atoms with Crippen molar-refractivity contribution in [1.29, 1.82) is 0 Å². The van der Waals surface area contributed by atoms with Gasteiger partial charge < -0.3 is 5.32 Å². The van der Waals surface area contributed by atoms with Crippen LogP contribution in [0, 0.1) is 5.92 Å². The van der Waals surface area contributed by atoms with E-state index in [-0.39, 0.29) is 5.25 Å². The number of aromatic nitrogens is 2. The molecule has 0 bridgehead atoms. The van der Waals surface area contributed by atoms with Crippen molar-refractivity contribution in [3.8, 4) is 0 Å². The predicted octanol–water partition coefficient (Wildman–Crippen LogP) is 1.83. The summed E-state index contributed by atoms with van der Waals surface area (Å²) in [7, 11) is -3.13. The summed E-state index contributed by atoms with van der Waals surface area (Å²) in [6.07, 6.45) is 5.93. The SMILES string of the molecule is CCCn1cc(CNC2CCN(S(=O)(=O)C(C)C)CC2C)cn1. The van der Waals surface area contributed by atoms with Crippen LogP contribution in [0.1, 0.15) is 46.1 Å². The average molecular weight is 343 g/mol. The number of nitrogens with one attached hydrogen (secondary N) is 1. The van der Waals surface area contributed by atoms with Crippen LogP contribution in [-0.2, 0) is 23.1 Å². The highest BCUT2D eigenvalue weighted by atomic mass is 32.2. The number of rotatable bonds is 7. The Morgan fingerprint density at radius 3 is 2.78 bits per heavy atom. The topological polar surface area (TPSA) is 67.2 Å². The number of nitrogens with zero attached hydrogens (tertiary/aromatic N) is 3. The van der Waals surface area contributed by atoms with Crippen LogP contribution in [0.25, 0.3) is 0 Å². The molecule has 1 aromatic rings. The van der Waals surface area contributed by atoms with E-state index in [9.17, 15) is 8.42 Å². The van der Waals surface area contributed by atoms with Gasteiger partial charge in [-0.15, -0.1) is 0 Å². The number of piperidine rings is 1. The molecule has 0 spiro atoms. The van der Waals surface area contributed by atoms with Crippen molar-refractivity contribution in [3.63, 3.8) is 0 Å². The summed E-state index contributed by atoms with van der Waals surface area (Å²) in [5, 5.41) is 7.57. The molecule has 0 aliphatic carbocycles. The van der Waals surface area contributed by atoms with Crippen molar-refractivity contribution < 1.29 is 8.42 Å². The highest BCUT2D eigenvalue weighted by molar-refractivity contribution is 7.89. The zero-order valence-electron chi connectivity index (χ0n) is 14.7. The van der Waals surface area contributed by atoms with Crippen molar-refractivity contribution in [2.75, 3.05) is 13.1 Å². The molecule has 2 heterocycles. The Labute approximate surface area is 140 Å². The van der Waals surface area contributed by atoms with Crippen LogP contribution in [0.5, 0.6) is 0 Å². The number of aryl methyl sites for hydroxylation is 1. The summed E-state index contributed by atoms with van der Waals surface area (Å²) in [4.78, 5) is 0. The van der Waals surface area contributed by atoms with Crippen molar-refractivity contribution in [3.05, 3.63) is 18.0 Å². The Bertz CT molecular complexity index is 597. The van der Waals surface area contributed by atoms with Crippen molar-refractivity contribution >= 4 is 10.0 Å². The van der Waals surface area contributed by atoms with Gasteiger partial charge in [-0.05, 0) is 32.6 Å². The van der Waals surface area contributed by atoms with Gasteiger partial charge in [-0.1, -0.05) is 13.8 Å². The minimum Gasteiger partial charge on any atom is -0.309 e. The van der Waals surface area contributed by atoms with Crippen LogP contribution in [0.15, 0.2) is 12.4 Å². The first-order valence-corrected chi connectivity index (χ1v) is 10.1. The third-order valence-corrected chi connectivity index (χ3v) is 6.77. The highest BCUT2D eigenvalue weighted by Crippen LogP contribution is 2.22. The summed E-state index contributed by atoms with van der Waals surface area (Å²) in [5.74, 6) is 0.308. The summed E-state index contributed by atoms with van der Waals surface area (Å²) in [5.41, 5.74) is 1.18. The molecule has 1 aliphatic heterocycles. The maximum Gasteiger partial charge on any atom is 0.216 e. The van der Waals surface area contributed by atoms with E-state index in [0.717, 1.165) is 25.9 Å². The van der Waals surface area contributed by atoms with E-state index in [1.165, 1.54) is 5.56 Å². The van der Waals surface area contributed by atoms with Crippen LogP contribution >= 0.6 is 0 Å². The molecule has 0 radical (unpaired) electrons. The molecular formula is C16H30N4O2S. The molecule has 2 atom stereocenters. The molecule has 1 aromatic heterocycles. The highest BCUT2D eigenvalue weighted by Gasteiger charge is 2.33. The Hall–Kier alpha value is -0.920. The Kier molecular flexibility index (Phi) is 6.22. The molecule has 1 fully saturated rings. The molecule has 23 heavy (non-hydrogen) atoms. The zero-order valence-corrected chi connectivity index (χ0v) is 15.5. The van der Waals surface area contributed by atoms with E-state index in [4.69, 9.17) is 0 Å². The molecule has 2 unspecified atom stereocenters. The monoisotopic (exact) mass is 342 g/mol. The first-order valence-electron chi connectivity index (χ1n) is 8.58. The van der Waals surface area contributed by atoms with Gasteiger partial charge in [0.15, 0.2) is 0 Å². The van der Waals surface area contributed by atoms with Gasteiger partial charge in [-0.25, -0.2) is 12.7 Å². The molecule has 0 amide bonds. The third kappa shape index (κ3) is 4.55. The smallest absolute Gasteiger partial charge is 0.216 e. The van der Waals surface area contributed by atoms with Gasteiger partial charge in [-0.2, -0.15) is 5.10 Å². The molecule has 0 aromatic carbocycles. The van der Waals surface area contributed by atoms with Gasteiger partial charge in [0.2, 0.25) is 10.0 Å². The lowest BCUT2D eigenvalue weighted by Gasteiger charge is -2.37. The largest absolute Gasteiger partial charge is 0.309 e. The quantitative estimate of drug-likeness (QED) is 0.821. The van der Waals surface area contributed by atoms with Crippen LogP contribution < -0.4 is 5.32 Å². The van der Waals surface area contributed by atoms with Crippen LogP contribution in [0.4, 0.5) is 0 Å². The molecule has 7 heteroatoms. The third-order valence-electron chi connectivity index (χ3n) is 4.53. The van der Waals surface area contributed by atoms with Gasteiger partial charge in [0.05, 0.1) is 11.4 Å². The lowest BCUT2D eigenvalue weighted by Crippen LogP contribution is -2.51. The molecule has 132 valence electrons. The minimum absolute atomic E-state index is 0.308. The van der Waals surface area contributed by atoms with E-state index in [1.54, 1.807) is 18.2 Å². The standard InChI is InChI=1S/C16H30N4O2S/c1-5-7-19-12-15(10-18-19)9-17-16-6-8-20(11-14(16)4)23(21,22)13(2)3/h10,12-14,16-17H,5-9,11H2,1-4H3. The average Bonchev–Trinajstić information content (AvgIpc) is 2.93. The molecule has 2 rings (SSSR count). The first kappa shape index (κ1) is 18.4. The maximum absolute atomic E-state index is 12.3. The lowest BCUT2D eigenvalue weighted by molar-refractivity contribution is 0.218. The minimum atomic E-state index is -3.13. The van der Waals surface area contributed by atoms with E-state index in [0.29, 0.717) is 25.0 Å². The van der Waals surface area contributed by atoms with Crippen molar-refractivity contribution in [2.24, 2.45) is 5.92 Å². The van der Waals surface area contributed by atoms with Gasteiger partial charge >= 0.3 is 0 Å². The maximum atomic E-state index is 12.3. The molecular weight excluding hydrogens is 312 g/mol. The lowest BCUT2D eigenvalue weighted by atomic mass is 9.95. The number of sulfonamides is 1.